The van der Waals surface area contributed by atoms with Crippen molar-refractivity contribution in [2.75, 3.05) is 31.1 Å². The number of pyridine rings is 2. The second kappa shape index (κ2) is 9.15. The molecule has 7 nitrogen and oxygen atoms in total. The Balaban J connectivity index is 1.46. The van der Waals surface area contributed by atoms with Crippen molar-refractivity contribution >= 4 is 45.6 Å². The van der Waals surface area contributed by atoms with Crippen LogP contribution >= 0.6 is 11.8 Å². The van der Waals surface area contributed by atoms with E-state index in [1.807, 2.05) is 18.2 Å². The molecule has 0 saturated carbocycles. The van der Waals surface area contributed by atoms with Crippen LogP contribution in [0.2, 0.25) is 0 Å². The van der Waals surface area contributed by atoms with Crippen LogP contribution in [0.15, 0.2) is 47.6 Å². The number of piperazine rings is 1. The van der Waals surface area contributed by atoms with Gasteiger partial charge in [-0.15, -0.1) is 0 Å². The average Bonchev–Trinajstić information content (AvgIpc) is 3.15. The summed E-state index contributed by atoms with van der Waals surface area (Å²) in [5.74, 6) is -0.706. The lowest BCUT2D eigenvalue weighted by Gasteiger charge is -2.38. The molecular formula is C25H24FN5O2S. The van der Waals surface area contributed by atoms with Gasteiger partial charge in [-0.25, -0.2) is 9.37 Å². The smallest absolute Gasteiger partial charge is 0.290 e. The van der Waals surface area contributed by atoms with Crippen LogP contribution in [0.25, 0.3) is 28.1 Å². The summed E-state index contributed by atoms with van der Waals surface area (Å²) in [4.78, 5) is 37.1. The number of rotatable bonds is 4. The van der Waals surface area contributed by atoms with Crippen LogP contribution in [0.5, 0.6) is 0 Å². The summed E-state index contributed by atoms with van der Waals surface area (Å²) in [6.07, 6.45) is 4.94. The first kappa shape index (κ1) is 22.5. The zero-order chi connectivity index (χ0) is 23.8. The molecule has 0 atom stereocenters. The molecule has 34 heavy (non-hydrogen) atoms. The van der Waals surface area contributed by atoms with E-state index in [2.05, 4.69) is 38.9 Å². The molecule has 2 amide bonds. The van der Waals surface area contributed by atoms with Gasteiger partial charge in [0.05, 0.1) is 21.8 Å². The Hall–Kier alpha value is -3.30. The quantitative estimate of drug-likeness (QED) is 0.562. The molecule has 2 aliphatic heterocycles. The monoisotopic (exact) mass is 477 g/mol. The van der Waals surface area contributed by atoms with Crippen molar-refractivity contribution in [1.82, 2.24) is 20.2 Å². The number of imide groups is 1. The van der Waals surface area contributed by atoms with Crippen LogP contribution in [0.1, 0.15) is 19.5 Å². The number of thioether (sulfide) groups is 1. The first-order chi connectivity index (χ1) is 16.4. The maximum atomic E-state index is 15.2. The molecule has 1 N–H and O–H groups in total. The minimum Gasteiger partial charge on any atom is -0.367 e. The van der Waals surface area contributed by atoms with Gasteiger partial charge in [0.1, 0.15) is 5.82 Å². The number of hydrogen-bond donors (Lipinski definition) is 1. The first-order valence-electron chi connectivity index (χ1n) is 11.2. The van der Waals surface area contributed by atoms with Gasteiger partial charge in [-0.3, -0.25) is 24.8 Å². The van der Waals surface area contributed by atoms with Gasteiger partial charge in [-0.1, -0.05) is 6.07 Å². The lowest BCUT2D eigenvalue weighted by molar-refractivity contribution is -0.115. The van der Waals surface area contributed by atoms with Crippen LogP contribution in [-0.4, -0.2) is 58.2 Å². The Morgan fingerprint density at radius 2 is 1.88 bits per heavy atom. The SMILES string of the molecule is CC(C)N1CCN(c2ccc(-c3cncc4ccc(C=C5SC(=O)NC5=O)nc34)cc2F)CC1. The predicted octanol–water partition coefficient (Wildman–Crippen LogP) is 4.29. The largest absolute Gasteiger partial charge is 0.367 e. The lowest BCUT2D eigenvalue weighted by Crippen LogP contribution is -2.49. The molecular weight excluding hydrogens is 453 g/mol. The van der Waals surface area contributed by atoms with Gasteiger partial charge in [0.2, 0.25) is 0 Å². The molecule has 0 bridgehead atoms. The summed E-state index contributed by atoms with van der Waals surface area (Å²) in [5, 5.41) is 2.64. The third-order valence-corrected chi connectivity index (χ3v) is 7.00. The number of aromatic nitrogens is 2. The Labute approximate surface area is 201 Å². The highest BCUT2D eigenvalue weighted by atomic mass is 32.2. The van der Waals surface area contributed by atoms with Gasteiger partial charge >= 0.3 is 0 Å². The van der Waals surface area contributed by atoms with Gasteiger partial charge < -0.3 is 4.90 Å². The highest BCUT2D eigenvalue weighted by molar-refractivity contribution is 8.18. The number of nitrogens with zero attached hydrogens (tertiary/aromatic N) is 4. The molecule has 2 aromatic heterocycles. The van der Waals surface area contributed by atoms with Crippen molar-refractivity contribution in [3.63, 3.8) is 0 Å². The van der Waals surface area contributed by atoms with Gasteiger partial charge in [0.15, 0.2) is 0 Å². The summed E-state index contributed by atoms with van der Waals surface area (Å²) in [6.45, 7) is 7.77. The van der Waals surface area contributed by atoms with Gasteiger partial charge in [0.25, 0.3) is 11.1 Å². The summed E-state index contributed by atoms with van der Waals surface area (Å²) in [6, 6.07) is 9.36. The molecule has 2 saturated heterocycles. The Kier molecular flexibility index (Phi) is 6.05. The van der Waals surface area contributed by atoms with E-state index < -0.39 is 11.1 Å². The second-order valence-corrected chi connectivity index (χ2v) is 9.64. The number of carbonyl (C=O) groups is 2. The van der Waals surface area contributed by atoms with E-state index >= 15 is 4.39 Å². The van der Waals surface area contributed by atoms with Crippen LogP contribution < -0.4 is 10.2 Å². The van der Waals surface area contributed by atoms with E-state index in [-0.39, 0.29) is 5.82 Å². The molecule has 3 aromatic rings. The molecule has 0 aliphatic carbocycles. The number of amides is 2. The lowest BCUT2D eigenvalue weighted by atomic mass is 10.0. The predicted molar refractivity (Wildman–Crippen MR) is 133 cm³/mol. The second-order valence-electron chi connectivity index (χ2n) is 8.63. The van der Waals surface area contributed by atoms with Gasteiger partial charge in [0, 0.05) is 55.6 Å². The van der Waals surface area contributed by atoms with E-state index in [1.54, 1.807) is 24.5 Å². The molecule has 9 heteroatoms. The van der Waals surface area contributed by atoms with Crippen LogP contribution in [0.4, 0.5) is 14.9 Å². The summed E-state index contributed by atoms with van der Waals surface area (Å²) in [7, 11) is 0. The fourth-order valence-corrected chi connectivity index (χ4v) is 4.98. The van der Waals surface area contributed by atoms with Crippen molar-refractivity contribution in [2.24, 2.45) is 0 Å². The Morgan fingerprint density at radius 3 is 2.56 bits per heavy atom. The first-order valence-corrected chi connectivity index (χ1v) is 12.0. The molecule has 0 radical (unpaired) electrons. The molecule has 0 spiro atoms. The van der Waals surface area contributed by atoms with E-state index in [0.717, 1.165) is 43.3 Å². The van der Waals surface area contributed by atoms with E-state index in [0.29, 0.717) is 39.0 Å². The zero-order valence-corrected chi connectivity index (χ0v) is 19.7. The van der Waals surface area contributed by atoms with Gasteiger partial charge in [-0.2, -0.15) is 0 Å². The zero-order valence-electron chi connectivity index (χ0n) is 18.9. The Bertz CT molecular complexity index is 1320. The maximum absolute atomic E-state index is 15.2. The molecule has 174 valence electrons. The Morgan fingerprint density at radius 1 is 1.09 bits per heavy atom. The maximum Gasteiger partial charge on any atom is 0.290 e. The van der Waals surface area contributed by atoms with Crippen LogP contribution in [-0.2, 0) is 4.79 Å². The van der Waals surface area contributed by atoms with E-state index in [1.165, 1.54) is 6.07 Å². The number of carbonyl (C=O) groups excluding carboxylic acids is 2. The van der Waals surface area contributed by atoms with Crippen LogP contribution in [0.3, 0.4) is 0 Å². The number of nitrogens with one attached hydrogen (secondary N) is 1. The number of anilines is 1. The van der Waals surface area contributed by atoms with Crippen LogP contribution in [0, 0.1) is 5.82 Å². The third-order valence-electron chi connectivity index (χ3n) is 6.19. The van der Waals surface area contributed by atoms with Gasteiger partial charge in [-0.05, 0) is 61.5 Å². The molecule has 0 unspecified atom stereocenters. The van der Waals surface area contributed by atoms with Crippen molar-refractivity contribution in [3.8, 4) is 11.1 Å². The fraction of sp³-hybridized carbons (Fsp3) is 0.280. The van der Waals surface area contributed by atoms with Crippen molar-refractivity contribution in [3.05, 3.63) is 59.1 Å². The average molecular weight is 478 g/mol. The molecule has 5 rings (SSSR count). The number of halogens is 1. The normalized spacial score (nSPS) is 18.4. The van der Waals surface area contributed by atoms with Crippen molar-refractivity contribution in [2.45, 2.75) is 19.9 Å². The van der Waals surface area contributed by atoms with E-state index in [9.17, 15) is 9.59 Å². The minimum atomic E-state index is -0.432. The highest BCUT2D eigenvalue weighted by Crippen LogP contribution is 2.32. The highest BCUT2D eigenvalue weighted by Gasteiger charge is 2.25. The number of fused-ring (bicyclic) bond motifs is 1. The van der Waals surface area contributed by atoms with Crippen molar-refractivity contribution in [1.29, 1.82) is 0 Å². The topological polar surface area (TPSA) is 78.4 Å². The summed E-state index contributed by atoms with van der Waals surface area (Å²) < 4.78 is 15.2. The number of hydrogen-bond acceptors (Lipinski definition) is 7. The minimum absolute atomic E-state index is 0.275. The molecule has 2 fully saturated rings. The van der Waals surface area contributed by atoms with E-state index in [4.69, 9.17) is 0 Å². The summed E-state index contributed by atoms with van der Waals surface area (Å²) in [5.41, 5.74) is 3.17. The number of benzene rings is 1. The molecule has 4 heterocycles. The fourth-order valence-electron chi connectivity index (χ4n) is 4.32. The summed E-state index contributed by atoms with van der Waals surface area (Å²) >= 11 is 0.845. The van der Waals surface area contributed by atoms with Crippen molar-refractivity contribution < 1.29 is 14.0 Å². The third kappa shape index (κ3) is 4.41. The standard InChI is InChI=1S/C25H24FN5O2S/c1-15(2)30-7-9-31(10-8-30)21-6-4-16(11-20(21)26)19-14-27-13-17-3-5-18(28-23(17)19)12-22-24(32)29-25(33)34-22/h3-6,11-15H,7-10H2,1-2H3,(H,29,32,33). The molecule has 2 aliphatic rings. The molecule has 1 aromatic carbocycles.